The first-order valence-electron chi connectivity index (χ1n) is 6.16. The van der Waals surface area contributed by atoms with Gasteiger partial charge in [0.15, 0.2) is 0 Å². The van der Waals surface area contributed by atoms with E-state index in [1.54, 1.807) is 4.31 Å². The molecular formula is C10H21N3O2S. The molecule has 2 aliphatic heterocycles. The molecule has 0 aromatic heterocycles. The highest BCUT2D eigenvalue weighted by atomic mass is 32.2. The van der Waals surface area contributed by atoms with E-state index in [4.69, 9.17) is 0 Å². The van der Waals surface area contributed by atoms with E-state index in [1.807, 2.05) is 0 Å². The Morgan fingerprint density at radius 3 is 2.38 bits per heavy atom. The molecule has 0 saturated carbocycles. The first-order chi connectivity index (χ1) is 7.68. The second-order valence-electron chi connectivity index (χ2n) is 4.63. The minimum absolute atomic E-state index is 0.0771. The highest BCUT2D eigenvalue weighted by Gasteiger charge is 2.27. The van der Waals surface area contributed by atoms with Gasteiger partial charge in [-0.1, -0.05) is 12.8 Å². The molecule has 0 unspecified atom stereocenters. The van der Waals surface area contributed by atoms with Crippen LogP contribution in [-0.2, 0) is 10.2 Å². The molecule has 1 atom stereocenters. The maximum atomic E-state index is 12.1. The Hall–Kier alpha value is -0.170. The molecule has 94 valence electrons. The van der Waals surface area contributed by atoms with Crippen LogP contribution in [0.25, 0.3) is 0 Å². The van der Waals surface area contributed by atoms with Crippen molar-refractivity contribution in [3.63, 3.8) is 0 Å². The fourth-order valence-corrected chi connectivity index (χ4v) is 3.83. The summed E-state index contributed by atoms with van der Waals surface area (Å²) in [6.45, 7) is 3.02. The summed E-state index contributed by atoms with van der Waals surface area (Å²) >= 11 is 0. The van der Waals surface area contributed by atoms with Crippen molar-refractivity contribution in [3.05, 3.63) is 0 Å². The standard InChI is InChI=1S/C10H21N3O2S/c14-16(15,12-10-5-6-11-9-10)13-7-3-1-2-4-8-13/h10-12H,1-9H2/t10-/m1/s1. The van der Waals surface area contributed by atoms with Crippen LogP contribution in [0.3, 0.4) is 0 Å². The largest absolute Gasteiger partial charge is 0.315 e. The van der Waals surface area contributed by atoms with E-state index in [1.165, 1.54) is 0 Å². The predicted octanol–water partition coefficient (Wildman–Crippen LogP) is 0.0587. The van der Waals surface area contributed by atoms with E-state index in [0.29, 0.717) is 13.1 Å². The molecule has 16 heavy (non-hydrogen) atoms. The van der Waals surface area contributed by atoms with E-state index in [0.717, 1.165) is 45.2 Å². The molecule has 6 heteroatoms. The Kier molecular flexibility index (Phi) is 4.18. The van der Waals surface area contributed by atoms with Crippen molar-refractivity contribution in [3.8, 4) is 0 Å². The molecule has 0 bridgehead atoms. The summed E-state index contributed by atoms with van der Waals surface area (Å²) in [5, 5.41) is 3.16. The summed E-state index contributed by atoms with van der Waals surface area (Å²) in [4.78, 5) is 0. The first-order valence-corrected chi connectivity index (χ1v) is 7.60. The molecule has 0 aromatic rings. The summed E-state index contributed by atoms with van der Waals surface area (Å²) < 4.78 is 28.6. The van der Waals surface area contributed by atoms with Gasteiger partial charge >= 0.3 is 0 Å². The van der Waals surface area contributed by atoms with Crippen LogP contribution in [-0.4, -0.2) is 44.9 Å². The van der Waals surface area contributed by atoms with Gasteiger partial charge in [0.25, 0.3) is 10.2 Å². The molecule has 0 spiro atoms. The van der Waals surface area contributed by atoms with Gasteiger partial charge in [0.05, 0.1) is 0 Å². The number of rotatable bonds is 3. The lowest BCUT2D eigenvalue weighted by molar-refractivity contribution is 0.409. The minimum atomic E-state index is -3.25. The summed E-state index contributed by atoms with van der Waals surface area (Å²) in [6, 6.07) is 0.0771. The van der Waals surface area contributed by atoms with Crippen LogP contribution in [0.15, 0.2) is 0 Å². The Balaban J connectivity index is 1.93. The van der Waals surface area contributed by atoms with Crippen molar-refractivity contribution in [2.24, 2.45) is 0 Å². The maximum absolute atomic E-state index is 12.1. The van der Waals surface area contributed by atoms with Crippen LogP contribution < -0.4 is 10.0 Å². The van der Waals surface area contributed by atoms with Crippen molar-refractivity contribution >= 4 is 10.2 Å². The minimum Gasteiger partial charge on any atom is -0.315 e. The highest BCUT2D eigenvalue weighted by Crippen LogP contribution is 2.13. The molecule has 0 aromatic carbocycles. The third-order valence-corrected chi connectivity index (χ3v) is 4.96. The molecule has 2 N–H and O–H groups in total. The van der Waals surface area contributed by atoms with E-state index in [2.05, 4.69) is 10.0 Å². The lowest BCUT2D eigenvalue weighted by atomic mass is 10.2. The van der Waals surface area contributed by atoms with Gasteiger partial charge < -0.3 is 5.32 Å². The highest BCUT2D eigenvalue weighted by molar-refractivity contribution is 7.87. The molecule has 5 nitrogen and oxygen atoms in total. The molecule has 2 rings (SSSR count). The second-order valence-corrected chi connectivity index (χ2v) is 6.33. The lowest BCUT2D eigenvalue weighted by Gasteiger charge is -2.22. The maximum Gasteiger partial charge on any atom is 0.279 e. The van der Waals surface area contributed by atoms with Crippen LogP contribution in [0.5, 0.6) is 0 Å². The van der Waals surface area contributed by atoms with E-state index in [9.17, 15) is 8.42 Å². The molecule has 0 aliphatic carbocycles. The van der Waals surface area contributed by atoms with Crippen molar-refractivity contribution in [1.29, 1.82) is 0 Å². The topological polar surface area (TPSA) is 61.4 Å². The number of nitrogens with zero attached hydrogens (tertiary/aromatic N) is 1. The van der Waals surface area contributed by atoms with E-state index < -0.39 is 10.2 Å². The van der Waals surface area contributed by atoms with E-state index >= 15 is 0 Å². The third kappa shape index (κ3) is 3.16. The molecule has 2 aliphatic rings. The summed E-state index contributed by atoms with van der Waals surface area (Å²) in [5.41, 5.74) is 0. The molecular weight excluding hydrogens is 226 g/mol. The zero-order valence-corrected chi connectivity index (χ0v) is 10.4. The lowest BCUT2D eigenvalue weighted by Crippen LogP contribution is -2.46. The quantitative estimate of drug-likeness (QED) is 0.741. The molecule has 2 heterocycles. The van der Waals surface area contributed by atoms with Gasteiger partial charge in [-0.15, -0.1) is 0 Å². The van der Waals surface area contributed by atoms with Gasteiger partial charge in [0, 0.05) is 25.7 Å². The summed E-state index contributed by atoms with van der Waals surface area (Å²) in [5.74, 6) is 0. The fraction of sp³-hybridized carbons (Fsp3) is 1.00. The summed E-state index contributed by atoms with van der Waals surface area (Å²) in [6.07, 6.45) is 5.18. The fourth-order valence-electron chi connectivity index (χ4n) is 2.32. The van der Waals surface area contributed by atoms with Gasteiger partial charge in [-0.05, 0) is 25.8 Å². The first kappa shape index (κ1) is 12.3. The Morgan fingerprint density at radius 1 is 1.12 bits per heavy atom. The average molecular weight is 247 g/mol. The number of hydrogen-bond acceptors (Lipinski definition) is 3. The van der Waals surface area contributed by atoms with Gasteiger partial charge in [0.1, 0.15) is 0 Å². The number of hydrogen-bond donors (Lipinski definition) is 2. The predicted molar refractivity (Wildman–Crippen MR) is 63.4 cm³/mol. The molecule has 2 saturated heterocycles. The SMILES string of the molecule is O=S(=O)(N[C@@H]1CCNC1)N1CCCCCC1. The van der Waals surface area contributed by atoms with E-state index in [-0.39, 0.29) is 6.04 Å². The summed E-state index contributed by atoms with van der Waals surface area (Å²) in [7, 11) is -3.25. The van der Waals surface area contributed by atoms with Crippen molar-refractivity contribution < 1.29 is 8.42 Å². The third-order valence-electron chi connectivity index (χ3n) is 3.28. The molecule has 0 radical (unpaired) electrons. The van der Waals surface area contributed by atoms with Crippen LogP contribution in [0.1, 0.15) is 32.1 Å². The zero-order chi connectivity index (χ0) is 11.4. The Labute approximate surface area is 97.8 Å². The van der Waals surface area contributed by atoms with Gasteiger partial charge in [-0.2, -0.15) is 17.4 Å². The van der Waals surface area contributed by atoms with Crippen LogP contribution >= 0.6 is 0 Å². The van der Waals surface area contributed by atoms with Gasteiger partial charge in [-0.3, -0.25) is 0 Å². The Bertz CT molecular complexity index is 304. The molecule has 2 fully saturated rings. The van der Waals surface area contributed by atoms with Crippen LogP contribution in [0.4, 0.5) is 0 Å². The second kappa shape index (κ2) is 5.44. The van der Waals surface area contributed by atoms with Crippen molar-refractivity contribution in [2.75, 3.05) is 26.2 Å². The number of nitrogens with one attached hydrogen (secondary N) is 2. The average Bonchev–Trinajstić information content (AvgIpc) is 2.56. The van der Waals surface area contributed by atoms with Gasteiger partial charge in [0.2, 0.25) is 0 Å². The monoisotopic (exact) mass is 247 g/mol. The molecule has 0 amide bonds. The smallest absolute Gasteiger partial charge is 0.279 e. The van der Waals surface area contributed by atoms with Gasteiger partial charge in [-0.25, -0.2) is 0 Å². The Morgan fingerprint density at radius 2 is 1.81 bits per heavy atom. The van der Waals surface area contributed by atoms with Crippen LogP contribution in [0, 0.1) is 0 Å². The normalized spacial score (nSPS) is 29.1. The van der Waals surface area contributed by atoms with Crippen LogP contribution in [0.2, 0.25) is 0 Å². The van der Waals surface area contributed by atoms with Crippen molar-refractivity contribution in [2.45, 2.75) is 38.1 Å². The van der Waals surface area contributed by atoms with Crippen molar-refractivity contribution in [1.82, 2.24) is 14.3 Å². The zero-order valence-electron chi connectivity index (χ0n) is 9.61.